The van der Waals surface area contributed by atoms with Crippen LogP contribution in [0.15, 0.2) is 42.5 Å². The standard InChI is InChI=1S/C16H15N3O2/c1-19(12-6-3-5-11(9-12)10-17)14-8-4-7-13(15(14)18)16(20)21-2/h3-9H,18H2,1-2H3. The monoisotopic (exact) mass is 281 g/mol. The number of benzene rings is 2. The van der Waals surface area contributed by atoms with Crippen LogP contribution in [0.5, 0.6) is 0 Å². The average Bonchev–Trinajstić information content (AvgIpc) is 2.53. The molecular formula is C16H15N3O2. The number of carbonyl (C=O) groups excluding carboxylic acids is 1. The van der Waals surface area contributed by atoms with Gasteiger partial charge >= 0.3 is 5.97 Å². The van der Waals surface area contributed by atoms with E-state index in [9.17, 15) is 4.79 Å². The third kappa shape index (κ3) is 2.79. The maximum absolute atomic E-state index is 11.7. The maximum Gasteiger partial charge on any atom is 0.340 e. The highest BCUT2D eigenvalue weighted by atomic mass is 16.5. The summed E-state index contributed by atoms with van der Waals surface area (Å²) >= 11 is 0. The van der Waals surface area contributed by atoms with E-state index in [0.29, 0.717) is 22.5 Å². The summed E-state index contributed by atoms with van der Waals surface area (Å²) in [5.41, 5.74) is 8.76. The van der Waals surface area contributed by atoms with Crippen molar-refractivity contribution in [3.05, 3.63) is 53.6 Å². The Labute approximate surface area is 123 Å². The molecule has 0 unspecified atom stereocenters. The molecule has 0 aliphatic rings. The molecule has 0 fully saturated rings. The van der Waals surface area contributed by atoms with Crippen molar-refractivity contribution in [3.8, 4) is 6.07 Å². The Morgan fingerprint density at radius 3 is 2.67 bits per heavy atom. The highest BCUT2D eigenvalue weighted by molar-refractivity contribution is 5.99. The van der Waals surface area contributed by atoms with Crippen LogP contribution in [0.1, 0.15) is 15.9 Å². The lowest BCUT2D eigenvalue weighted by Crippen LogP contribution is -2.14. The number of nitriles is 1. The van der Waals surface area contributed by atoms with Crippen LogP contribution >= 0.6 is 0 Å². The van der Waals surface area contributed by atoms with Crippen LogP contribution in [0, 0.1) is 11.3 Å². The Hall–Kier alpha value is -3.00. The highest BCUT2D eigenvalue weighted by Gasteiger charge is 2.15. The second-order valence-corrected chi connectivity index (χ2v) is 4.45. The lowest BCUT2D eigenvalue weighted by molar-refractivity contribution is 0.0602. The van der Waals surface area contributed by atoms with Crippen molar-refractivity contribution < 1.29 is 9.53 Å². The molecule has 0 spiro atoms. The smallest absolute Gasteiger partial charge is 0.340 e. The van der Waals surface area contributed by atoms with E-state index in [1.54, 1.807) is 36.4 Å². The molecule has 2 N–H and O–H groups in total. The number of anilines is 3. The van der Waals surface area contributed by atoms with Crippen molar-refractivity contribution >= 4 is 23.0 Å². The van der Waals surface area contributed by atoms with E-state index in [1.807, 2.05) is 18.0 Å². The summed E-state index contributed by atoms with van der Waals surface area (Å²) in [6.07, 6.45) is 0. The lowest BCUT2D eigenvalue weighted by atomic mass is 10.1. The number of nitrogens with zero attached hydrogens (tertiary/aromatic N) is 2. The maximum atomic E-state index is 11.7. The molecule has 5 nitrogen and oxygen atoms in total. The van der Waals surface area contributed by atoms with E-state index in [0.717, 1.165) is 5.69 Å². The van der Waals surface area contributed by atoms with Crippen molar-refractivity contribution in [2.45, 2.75) is 0 Å². The summed E-state index contributed by atoms with van der Waals surface area (Å²) in [5, 5.41) is 8.96. The number of para-hydroxylation sites is 1. The second kappa shape index (κ2) is 5.97. The minimum absolute atomic E-state index is 0.318. The van der Waals surface area contributed by atoms with Gasteiger partial charge in [0.2, 0.25) is 0 Å². The normalized spacial score (nSPS) is 9.76. The van der Waals surface area contributed by atoms with Crippen molar-refractivity contribution in [1.82, 2.24) is 0 Å². The van der Waals surface area contributed by atoms with Crippen LogP contribution in [0.4, 0.5) is 17.1 Å². The van der Waals surface area contributed by atoms with Gasteiger partial charge in [0.25, 0.3) is 0 Å². The topological polar surface area (TPSA) is 79.3 Å². The number of nitrogens with two attached hydrogens (primary N) is 1. The molecule has 0 radical (unpaired) electrons. The molecule has 0 saturated carbocycles. The largest absolute Gasteiger partial charge is 0.465 e. The van der Waals surface area contributed by atoms with Crippen LogP contribution in [0.3, 0.4) is 0 Å². The van der Waals surface area contributed by atoms with Gasteiger partial charge in [0.1, 0.15) is 0 Å². The van der Waals surface area contributed by atoms with Crippen LogP contribution < -0.4 is 10.6 Å². The SMILES string of the molecule is COC(=O)c1cccc(N(C)c2cccc(C#N)c2)c1N. The molecule has 0 amide bonds. The number of carbonyl (C=O) groups is 1. The van der Waals surface area contributed by atoms with Crippen molar-refractivity contribution in [3.63, 3.8) is 0 Å². The van der Waals surface area contributed by atoms with E-state index in [4.69, 9.17) is 15.7 Å². The fourth-order valence-electron chi connectivity index (χ4n) is 2.06. The third-order valence-corrected chi connectivity index (χ3v) is 3.21. The van der Waals surface area contributed by atoms with Gasteiger partial charge in [-0.2, -0.15) is 5.26 Å². The molecule has 2 rings (SSSR count). The summed E-state index contributed by atoms with van der Waals surface area (Å²) in [7, 11) is 3.14. The first-order valence-corrected chi connectivity index (χ1v) is 6.29. The van der Waals surface area contributed by atoms with Gasteiger partial charge in [0.05, 0.1) is 35.7 Å². The lowest BCUT2D eigenvalue weighted by Gasteiger charge is -2.22. The predicted molar refractivity (Wildman–Crippen MR) is 81.4 cm³/mol. The zero-order valence-electron chi connectivity index (χ0n) is 11.8. The molecule has 0 aliphatic carbocycles. The molecule has 2 aromatic carbocycles. The van der Waals surface area contributed by atoms with Gasteiger partial charge in [0.15, 0.2) is 0 Å². The molecule has 0 bridgehead atoms. The van der Waals surface area contributed by atoms with Gasteiger partial charge in [-0.05, 0) is 30.3 Å². The number of ether oxygens (including phenoxy) is 1. The first kappa shape index (κ1) is 14.4. The average molecular weight is 281 g/mol. The Morgan fingerprint density at radius 2 is 2.00 bits per heavy atom. The van der Waals surface area contributed by atoms with Gasteiger partial charge in [0, 0.05) is 12.7 Å². The Bertz CT molecular complexity index is 720. The van der Waals surface area contributed by atoms with E-state index in [1.165, 1.54) is 7.11 Å². The molecule has 0 atom stereocenters. The van der Waals surface area contributed by atoms with Gasteiger partial charge in [-0.3, -0.25) is 0 Å². The molecular weight excluding hydrogens is 266 g/mol. The van der Waals surface area contributed by atoms with Gasteiger partial charge in [-0.15, -0.1) is 0 Å². The zero-order valence-corrected chi connectivity index (χ0v) is 11.8. The Kier molecular flexibility index (Phi) is 4.10. The van der Waals surface area contributed by atoms with Crippen LogP contribution in [0.2, 0.25) is 0 Å². The number of rotatable bonds is 3. The second-order valence-electron chi connectivity index (χ2n) is 4.45. The van der Waals surface area contributed by atoms with E-state index in [-0.39, 0.29) is 0 Å². The summed E-state index contributed by atoms with van der Waals surface area (Å²) in [6.45, 7) is 0. The van der Waals surface area contributed by atoms with Crippen LogP contribution in [-0.4, -0.2) is 20.1 Å². The molecule has 5 heteroatoms. The van der Waals surface area contributed by atoms with Gasteiger partial charge in [-0.1, -0.05) is 12.1 Å². The first-order chi connectivity index (χ1) is 10.1. The number of methoxy groups -OCH3 is 1. The number of nitrogen functional groups attached to an aromatic ring is 1. The molecule has 0 aliphatic heterocycles. The summed E-state index contributed by atoms with van der Waals surface area (Å²) in [6, 6.07) is 14.4. The van der Waals surface area contributed by atoms with E-state index >= 15 is 0 Å². The number of hydrogen-bond acceptors (Lipinski definition) is 5. The molecule has 0 heterocycles. The number of esters is 1. The molecule has 0 saturated heterocycles. The van der Waals surface area contributed by atoms with E-state index < -0.39 is 5.97 Å². The quantitative estimate of drug-likeness (QED) is 0.691. The van der Waals surface area contributed by atoms with E-state index in [2.05, 4.69) is 6.07 Å². The predicted octanol–water partition coefficient (Wildman–Crippen LogP) is 2.69. The van der Waals surface area contributed by atoms with Gasteiger partial charge < -0.3 is 15.4 Å². The molecule has 0 aromatic heterocycles. The van der Waals surface area contributed by atoms with Gasteiger partial charge in [-0.25, -0.2) is 4.79 Å². The Morgan fingerprint density at radius 1 is 1.29 bits per heavy atom. The molecule has 21 heavy (non-hydrogen) atoms. The molecule has 2 aromatic rings. The number of hydrogen-bond donors (Lipinski definition) is 1. The molecule has 106 valence electrons. The van der Waals surface area contributed by atoms with Crippen molar-refractivity contribution in [1.29, 1.82) is 5.26 Å². The summed E-state index contributed by atoms with van der Waals surface area (Å²) < 4.78 is 4.71. The fraction of sp³-hybridized carbons (Fsp3) is 0.125. The Balaban J connectivity index is 2.46. The van der Waals surface area contributed by atoms with Crippen molar-refractivity contribution in [2.75, 3.05) is 24.8 Å². The van der Waals surface area contributed by atoms with Crippen LogP contribution in [-0.2, 0) is 4.74 Å². The fourth-order valence-corrected chi connectivity index (χ4v) is 2.06. The minimum Gasteiger partial charge on any atom is -0.465 e. The zero-order chi connectivity index (χ0) is 15.4. The highest BCUT2D eigenvalue weighted by Crippen LogP contribution is 2.31. The summed E-state index contributed by atoms with van der Waals surface area (Å²) in [5.74, 6) is -0.478. The third-order valence-electron chi connectivity index (χ3n) is 3.21. The first-order valence-electron chi connectivity index (χ1n) is 6.29. The summed E-state index contributed by atoms with van der Waals surface area (Å²) in [4.78, 5) is 13.5. The van der Waals surface area contributed by atoms with Crippen LogP contribution in [0.25, 0.3) is 0 Å². The van der Waals surface area contributed by atoms with Crippen molar-refractivity contribution in [2.24, 2.45) is 0 Å². The minimum atomic E-state index is -0.478.